The normalized spacial score (nSPS) is 16.9. The molecule has 1 atom stereocenters. The predicted octanol–water partition coefficient (Wildman–Crippen LogP) is 0.880. The summed E-state index contributed by atoms with van der Waals surface area (Å²) in [6.45, 7) is 1.87. The zero-order valence-electron chi connectivity index (χ0n) is 13.3. The second-order valence-electron chi connectivity index (χ2n) is 5.32. The second kappa shape index (κ2) is 7.77. The number of carbonyl (C=O) groups excluding carboxylic acids is 1. The highest BCUT2D eigenvalue weighted by atomic mass is 16.6. The van der Waals surface area contributed by atoms with Gasteiger partial charge in [0.25, 0.3) is 5.69 Å². The molecule has 0 saturated carbocycles. The van der Waals surface area contributed by atoms with Gasteiger partial charge in [0.1, 0.15) is 0 Å². The minimum Gasteiger partial charge on any atom is -0.493 e. The lowest BCUT2D eigenvalue weighted by atomic mass is 10.1. The van der Waals surface area contributed by atoms with E-state index in [4.69, 9.17) is 9.47 Å². The number of hydrogen-bond donors (Lipinski definition) is 2. The lowest BCUT2D eigenvalue weighted by Gasteiger charge is -2.12. The maximum Gasteiger partial charge on any atom is 0.276 e. The smallest absolute Gasteiger partial charge is 0.276 e. The average molecular weight is 323 g/mol. The van der Waals surface area contributed by atoms with Gasteiger partial charge in [-0.25, -0.2) is 0 Å². The first kappa shape index (κ1) is 17.0. The Morgan fingerprint density at radius 3 is 2.65 bits per heavy atom. The number of rotatable bonds is 7. The van der Waals surface area contributed by atoms with E-state index in [1.165, 1.54) is 20.3 Å². The third-order valence-corrected chi connectivity index (χ3v) is 3.91. The van der Waals surface area contributed by atoms with Crippen molar-refractivity contribution >= 4 is 11.6 Å². The molecule has 2 rings (SSSR count). The summed E-state index contributed by atoms with van der Waals surface area (Å²) in [5.41, 5.74) is 0.455. The fraction of sp³-hybridized carbons (Fsp3) is 0.533. The Balaban J connectivity index is 2.05. The van der Waals surface area contributed by atoms with Gasteiger partial charge in [-0.3, -0.25) is 14.9 Å². The van der Waals surface area contributed by atoms with E-state index in [9.17, 15) is 14.9 Å². The van der Waals surface area contributed by atoms with Crippen molar-refractivity contribution in [2.75, 3.05) is 33.9 Å². The van der Waals surface area contributed by atoms with Crippen LogP contribution >= 0.6 is 0 Å². The molecule has 8 heteroatoms. The quantitative estimate of drug-likeness (QED) is 0.570. The van der Waals surface area contributed by atoms with E-state index in [1.807, 2.05) is 0 Å². The summed E-state index contributed by atoms with van der Waals surface area (Å²) in [4.78, 5) is 22.7. The molecule has 0 spiro atoms. The van der Waals surface area contributed by atoms with Gasteiger partial charge in [-0.15, -0.1) is 0 Å². The Morgan fingerprint density at radius 2 is 2.09 bits per heavy atom. The molecular weight excluding hydrogens is 302 g/mol. The van der Waals surface area contributed by atoms with Crippen LogP contribution in [0.1, 0.15) is 12.0 Å². The van der Waals surface area contributed by atoms with E-state index < -0.39 is 4.92 Å². The number of hydrogen-bond acceptors (Lipinski definition) is 6. The summed E-state index contributed by atoms with van der Waals surface area (Å²) in [6, 6.07) is 2.93. The lowest BCUT2D eigenvalue weighted by Crippen LogP contribution is -2.33. The van der Waals surface area contributed by atoms with Gasteiger partial charge in [0, 0.05) is 18.7 Å². The number of nitro benzene ring substituents is 1. The average Bonchev–Trinajstić information content (AvgIpc) is 3.08. The van der Waals surface area contributed by atoms with Crippen LogP contribution in [0.25, 0.3) is 0 Å². The maximum absolute atomic E-state index is 11.9. The fourth-order valence-electron chi connectivity index (χ4n) is 2.62. The van der Waals surface area contributed by atoms with Crippen molar-refractivity contribution in [3.8, 4) is 11.5 Å². The van der Waals surface area contributed by atoms with Crippen LogP contribution in [-0.4, -0.2) is 44.7 Å². The van der Waals surface area contributed by atoms with E-state index in [0.717, 1.165) is 13.0 Å². The second-order valence-corrected chi connectivity index (χ2v) is 5.32. The molecule has 1 heterocycles. The number of ether oxygens (including phenoxy) is 2. The fourth-order valence-corrected chi connectivity index (χ4v) is 2.62. The number of nitrogens with one attached hydrogen (secondary N) is 2. The van der Waals surface area contributed by atoms with Gasteiger partial charge in [0.15, 0.2) is 11.5 Å². The first-order valence-corrected chi connectivity index (χ1v) is 7.44. The Bertz CT molecular complexity index is 585. The first-order chi connectivity index (χ1) is 11.1. The number of methoxy groups -OCH3 is 2. The molecule has 23 heavy (non-hydrogen) atoms. The number of nitrogens with zero attached hydrogens (tertiary/aromatic N) is 1. The molecule has 1 aromatic carbocycles. The molecule has 0 radical (unpaired) electrons. The number of amides is 1. The SMILES string of the molecule is COc1cc(CCNC(=O)C2CCNC2)c([N+](=O)[O-])cc1OC. The van der Waals surface area contributed by atoms with Gasteiger partial charge < -0.3 is 20.1 Å². The standard InChI is InChI=1S/C15H21N3O5/c1-22-13-7-10(12(18(20)21)8-14(13)23-2)4-6-17-15(19)11-3-5-16-9-11/h7-8,11,16H,3-6,9H2,1-2H3,(H,17,19). The molecular formula is C15H21N3O5. The third kappa shape index (κ3) is 4.10. The number of carbonyl (C=O) groups is 1. The van der Waals surface area contributed by atoms with Gasteiger partial charge in [-0.1, -0.05) is 0 Å². The van der Waals surface area contributed by atoms with E-state index in [2.05, 4.69) is 10.6 Å². The summed E-state index contributed by atoms with van der Waals surface area (Å²) < 4.78 is 10.3. The summed E-state index contributed by atoms with van der Waals surface area (Å²) in [5, 5.41) is 17.2. The molecule has 1 aliphatic rings. The van der Waals surface area contributed by atoms with Crippen LogP contribution in [0.15, 0.2) is 12.1 Å². The molecule has 8 nitrogen and oxygen atoms in total. The molecule has 2 N–H and O–H groups in total. The first-order valence-electron chi connectivity index (χ1n) is 7.44. The minimum atomic E-state index is -0.458. The van der Waals surface area contributed by atoms with Crippen molar-refractivity contribution in [1.29, 1.82) is 0 Å². The van der Waals surface area contributed by atoms with Crippen LogP contribution in [-0.2, 0) is 11.2 Å². The monoisotopic (exact) mass is 323 g/mol. The number of nitro groups is 1. The predicted molar refractivity (Wildman–Crippen MR) is 83.9 cm³/mol. The van der Waals surface area contributed by atoms with Crippen LogP contribution in [0, 0.1) is 16.0 Å². The number of benzene rings is 1. The molecule has 126 valence electrons. The third-order valence-electron chi connectivity index (χ3n) is 3.91. The molecule has 0 aliphatic carbocycles. The van der Waals surface area contributed by atoms with Gasteiger partial charge in [0.2, 0.25) is 5.91 Å². The molecule has 1 aromatic rings. The van der Waals surface area contributed by atoms with Gasteiger partial charge in [-0.05, 0) is 25.5 Å². The molecule has 1 fully saturated rings. The van der Waals surface area contributed by atoms with Crippen molar-refractivity contribution in [2.24, 2.45) is 5.92 Å². The summed E-state index contributed by atoms with van der Waals surface area (Å²) >= 11 is 0. The lowest BCUT2D eigenvalue weighted by molar-refractivity contribution is -0.385. The van der Waals surface area contributed by atoms with Gasteiger partial charge >= 0.3 is 0 Å². The summed E-state index contributed by atoms with van der Waals surface area (Å²) in [5.74, 6) is 0.706. The Kier molecular flexibility index (Phi) is 5.75. The Morgan fingerprint density at radius 1 is 1.39 bits per heavy atom. The van der Waals surface area contributed by atoms with Crippen LogP contribution in [0.2, 0.25) is 0 Å². The van der Waals surface area contributed by atoms with Gasteiger partial charge in [0.05, 0.1) is 31.1 Å². The maximum atomic E-state index is 11.9. The molecule has 1 saturated heterocycles. The largest absolute Gasteiger partial charge is 0.493 e. The minimum absolute atomic E-state index is 0.0156. The zero-order valence-corrected chi connectivity index (χ0v) is 13.3. The topological polar surface area (TPSA) is 103 Å². The highest BCUT2D eigenvalue weighted by molar-refractivity contribution is 5.79. The summed E-state index contributed by atoms with van der Waals surface area (Å²) in [7, 11) is 2.90. The molecule has 0 aromatic heterocycles. The van der Waals surface area contributed by atoms with E-state index in [1.54, 1.807) is 6.07 Å². The van der Waals surface area contributed by atoms with E-state index >= 15 is 0 Å². The Hall–Kier alpha value is -2.35. The van der Waals surface area contributed by atoms with E-state index in [-0.39, 0.29) is 17.5 Å². The molecule has 1 amide bonds. The molecule has 0 bridgehead atoms. The van der Waals surface area contributed by atoms with Crippen LogP contribution in [0.4, 0.5) is 5.69 Å². The summed E-state index contributed by atoms with van der Waals surface area (Å²) in [6.07, 6.45) is 1.17. The highest BCUT2D eigenvalue weighted by Gasteiger charge is 2.23. The molecule has 1 unspecified atom stereocenters. The zero-order chi connectivity index (χ0) is 16.8. The Labute approximate surface area is 134 Å². The van der Waals surface area contributed by atoms with Crippen molar-refractivity contribution in [3.63, 3.8) is 0 Å². The van der Waals surface area contributed by atoms with Crippen LogP contribution < -0.4 is 20.1 Å². The van der Waals surface area contributed by atoms with Crippen LogP contribution in [0.5, 0.6) is 11.5 Å². The van der Waals surface area contributed by atoms with Crippen LogP contribution in [0.3, 0.4) is 0 Å². The van der Waals surface area contributed by atoms with Crippen molar-refractivity contribution < 1.29 is 19.2 Å². The van der Waals surface area contributed by atoms with Crippen molar-refractivity contribution in [1.82, 2.24) is 10.6 Å². The van der Waals surface area contributed by atoms with Gasteiger partial charge in [-0.2, -0.15) is 0 Å². The highest BCUT2D eigenvalue weighted by Crippen LogP contribution is 2.34. The molecule has 1 aliphatic heterocycles. The van der Waals surface area contributed by atoms with Crippen molar-refractivity contribution in [2.45, 2.75) is 12.8 Å². The van der Waals surface area contributed by atoms with E-state index in [0.29, 0.717) is 36.6 Å². The van der Waals surface area contributed by atoms with Crippen molar-refractivity contribution in [3.05, 3.63) is 27.8 Å².